The van der Waals surface area contributed by atoms with Crippen molar-refractivity contribution in [2.75, 3.05) is 19.6 Å². The molecule has 0 unspecified atom stereocenters. The standard InChI is InChI=1S/C18H24N2O5/c1-11-9-25-13(8-14(21)22)15(11)17(24)20-7-6-19(10-18(20,2)3)16(23)12-4-5-12/h9,12H,4-8,10H2,1-3H3,(H,21,22). The Balaban J connectivity index is 1.80. The molecule has 2 amide bonds. The van der Waals surface area contributed by atoms with E-state index < -0.39 is 11.5 Å². The summed E-state index contributed by atoms with van der Waals surface area (Å²) in [6.45, 7) is 7.03. The van der Waals surface area contributed by atoms with Gasteiger partial charge in [0.1, 0.15) is 12.2 Å². The number of carboxylic acid groups (broad SMARTS) is 1. The second-order valence-electron chi connectivity index (χ2n) is 7.59. The Labute approximate surface area is 146 Å². The fourth-order valence-corrected chi connectivity index (χ4v) is 3.50. The van der Waals surface area contributed by atoms with Crippen LogP contribution in [-0.2, 0) is 16.0 Å². The first-order valence-electron chi connectivity index (χ1n) is 8.60. The minimum atomic E-state index is -1.04. The summed E-state index contributed by atoms with van der Waals surface area (Å²) in [7, 11) is 0. The lowest BCUT2D eigenvalue weighted by Gasteiger charge is -2.47. The number of carbonyl (C=O) groups excluding carboxylic acids is 2. The van der Waals surface area contributed by atoms with Gasteiger partial charge < -0.3 is 19.3 Å². The van der Waals surface area contributed by atoms with Crippen LogP contribution >= 0.6 is 0 Å². The molecule has 25 heavy (non-hydrogen) atoms. The number of amides is 2. The highest BCUT2D eigenvalue weighted by molar-refractivity contribution is 5.98. The summed E-state index contributed by atoms with van der Waals surface area (Å²) in [5.74, 6) is -0.738. The van der Waals surface area contributed by atoms with Gasteiger partial charge in [0.2, 0.25) is 5.91 Å². The lowest BCUT2D eigenvalue weighted by molar-refractivity contribution is -0.137. The molecule has 0 aromatic carbocycles. The van der Waals surface area contributed by atoms with E-state index >= 15 is 0 Å². The molecule has 2 heterocycles. The van der Waals surface area contributed by atoms with Crippen molar-refractivity contribution in [1.29, 1.82) is 0 Å². The maximum atomic E-state index is 13.1. The van der Waals surface area contributed by atoms with Gasteiger partial charge in [-0.15, -0.1) is 0 Å². The molecule has 2 fully saturated rings. The van der Waals surface area contributed by atoms with Crippen LogP contribution in [-0.4, -0.2) is 57.9 Å². The summed E-state index contributed by atoms with van der Waals surface area (Å²) in [6.07, 6.45) is 3.02. The van der Waals surface area contributed by atoms with Crippen LogP contribution in [0.1, 0.15) is 48.4 Å². The fraction of sp³-hybridized carbons (Fsp3) is 0.611. The zero-order chi connectivity index (χ0) is 18.4. The van der Waals surface area contributed by atoms with Crippen LogP contribution in [0.5, 0.6) is 0 Å². The average Bonchev–Trinajstić information content (AvgIpc) is 3.29. The van der Waals surface area contributed by atoms with Crippen molar-refractivity contribution >= 4 is 17.8 Å². The van der Waals surface area contributed by atoms with Crippen LogP contribution in [0.15, 0.2) is 10.7 Å². The molecule has 7 nitrogen and oxygen atoms in total. The molecule has 0 bridgehead atoms. The number of piperazine rings is 1. The Hall–Kier alpha value is -2.31. The van der Waals surface area contributed by atoms with Gasteiger partial charge in [-0.05, 0) is 33.6 Å². The van der Waals surface area contributed by atoms with E-state index in [1.54, 1.807) is 11.8 Å². The molecule has 1 saturated heterocycles. The molecule has 0 spiro atoms. The number of furan rings is 1. The van der Waals surface area contributed by atoms with Gasteiger partial charge in [0.15, 0.2) is 0 Å². The highest BCUT2D eigenvalue weighted by Gasteiger charge is 2.43. The molecule has 7 heteroatoms. The van der Waals surface area contributed by atoms with Crippen molar-refractivity contribution in [1.82, 2.24) is 9.80 Å². The van der Waals surface area contributed by atoms with Crippen LogP contribution in [0.25, 0.3) is 0 Å². The Morgan fingerprint density at radius 2 is 1.96 bits per heavy atom. The van der Waals surface area contributed by atoms with Gasteiger partial charge in [0, 0.05) is 31.1 Å². The molecule has 1 saturated carbocycles. The molecule has 1 aliphatic carbocycles. The lowest BCUT2D eigenvalue weighted by atomic mass is 9.96. The Kier molecular flexibility index (Phi) is 4.34. The van der Waals surface area contributed by atoms with E-state index in [1.165, 1.54) is 6.26 Å². The van der Waals surface area contributed by atoms with Gasteiger partial charge in [0.25, 0.3) is 5.91 Å². The van der Waals surface area contributed by atoms with Gasteiger partial charge in [0.05, 0.1) is 17.4 Å². The van der Waals surface area contributed by atoms with E-state index in [2.05, 4.69) is 0 Å². The quantitative estimate of drug-likeness (QED) is 0.894. The SMILES string of the molecule is Cc1coc(CC(=O)O)c1C(=O)N1CCN(C(=O)C2CC2)CC1(C)C. The van der Waals surface area contributed by atoms with E-state index in [0.29, 0.717) is 30.8 Å². The molecule has 1 aromatic heterocycles. The van der Waals surface area contributed by atoms with E-state index in [9.17, 15) is 14.4 Å². The summed E-state index contributed by atoms with van der Waals surface area (Å²) < 4.78 is 5.29. The van der Waals surface area contributed by atoms with Crippen LogP contribution in [0.3, 0.4) is 0 Å². The van der Waals surface area contributed by atoms with Crippen molar-refractivity contribution in [3.63, 3.8) is 0 Å². The van der Waals surface area contributed by atoms with Crippen LogP contribution in [0, 0.1) is 12.8 Å². The number of carboxylic acids is 1. The predicted molar refractivity (Wildman–Crippen MR) is 89.2 cm³/mol. The minimum Gasteiger partial charge on any atom is -0.481 e. The van der Waals surface area contributed by atoms with Gasteiger partial charge in [-0.3, -0.25) is 14.4 Å². The summed E-state index contributed by atoms with van der Waals surface area (Å²) in [5, 5.41) is 9.02. The molecule has 136 valence electrons. The zero-order valence-electron chi connectivity index (χ0n) is 14.9. The van der Waals surface area contributed by atoms with Gasteiger partial charge in [-0.2, -0.15) is 0 Å². The van der Waals surface area contributed by atoms with Crippen molar-refractivity contribution in [2.45, 2.75) is 45.6 Å². The molecule has 1 aliphatic heterocycles. The zero-order valence-corrected chi connectivity index (χ0v) is 14.9. The Bertz CT molecular complexity index is 717. The summed E-state index contributed by atoms with van der Waals surface area (Å²) in [5.41, 5.74) is 0.440. The topological polar surface area (TPSA) is 91.1 Å². The molecule has 0 radical (unpaired) electrons. The number of rotatable bonds is 4. The third-order valence-electron chi connectivity index (χ3n) is 4.96. The first-order chi connectivity index (χ1) is 11.7. The second-order valence-corrected chi connectivity index (χ2v) is 7.59. The summed E-state index contributed by atoms with van der Waals surface area (Å²) in [4.78, 5) is 40.0. The molecular weight excluding hydrogens is 324 g/mol. The number of hydrogen-bond acceptors (Lipinski definition) is 4. The third kappa shape index (κ3) is 3.41. The lowest BCUT2D eigenvalue weighted by Crippen LogP contribution is -2.62. The van der Waals surface area contributed by atoms with Gasteiger partial charge >= 0.3 is 5.97 Å². The number of aryl methyl sites for hydroxylation is 1. The van der Waals surface area contributed by atoms with E-state index in [-0.39, 0.29) is 29.9 Å². The first kappa shape index (κ1) is 17.5. The maximum Gasteiger partial charge on any atom is 0.311 e. The summed E-state index contributed by atoms with van der Waals surface area (Å²) >= 11 is 0. The molecule has 1 aromatic rings. The van der Waals surface area contributed by atoms with Crippen molar-refractivity contribution in [3.8, 4) is 0 Å². The van der Waals surface area contributed by atoms with Gasteiger partial charge in [-0.1, -0.05) is 0 Å². The second kappa shape index (κ2) is 6.20. The molecule has 0 atom stereocenters. The van der Waals surface area contributed by atoms with Gasteiger partial charge in [-0.25, -0.2) is 0 Å². The maximum absolute atomic E-state index is 13.1. The average molecular weight is 348 g/mol. The Morgan fingerprint density at radius 3 is 2.52 bits per heavy atom. The molecule has 1 N–H and O–H groups in total. The minimum absolute atomic E-state index is 0.163. The smallest absolute Gasteiger partial charge is 0.311 e. The van der Waals surface area contributed by atoms with Crippen LogP contribution < -0.4 is 0 Å². The normalized spacial score (nSPS) is 19.8. The molecule has 2 aliphatic rings. The van der Waals surface area contributed by atoms with Crippen LogP contribution in [0.2, 0.25) is 0 Å². The third-order valence-corrected chi connectivity index (χ3v) is 4.96. The molecule has 3 rings (SSSR count). The van der Waals surface area contributed by atoms with Crippen molar-refractivity contribution < 1.29 is 23.9 Å². The summed E-state index contributed by atoms with van der Waals surface area (Å²) in [6, 6.07) is 0. The Morgan fingerprint density at radius 1 is 1.28 bits per heavy atom. The first-order valence-corrected chi connectivity index (χ1v) is 8.60. The number of aliphatic carboxylic acids is 1. The van der Waals surface area contributed by atoms with E-state index in [1.807, 2.05) is 18.7 Å². The molecular formula is C18H24N2O5. The van der Waals surface area contributed by atoms with E-state index in [4.69, 9.17) is 9.52 Å². The highest BCUT2D eigenvalue weighted by atomic mass is 16.4. The highest BCUT2D eigenvalue weighted by Crippen LogP contribution is 2.33. The van der Waals surface area contributed by atoms with E-state index in [0.717, 1.165) is 12.8 Å². The fourth-order valence-electron chi connectivity index (χ4n) is 3.50. The largest absolute Gasteiger partial charge is 0.481 e. The van der Waals surface area contributed by atoms with Crippen LogP contribution in [0.4, 0.5) is 0 Å². The predicted octanol–water partition coefficient (Wildman–Crippen LogP) is 1.69. The number of carbonyl (C=O) groups is 3. The van der Waals surface area contributed by atoms with Crippen molar-refractivity contribution in [3.05, 3.63) is 23.2 Å². The monoisotopic (exact) mass is 348 g/mol. The number of nitrogens with zero attached hydrogens (tertiary/aromatic N) is 2. The van der Waals surface area contributed by atoms with Crippen molar-refractivity contribution in [2.24, 2.45) is 5.92 Å². The number of hydrogen-bond donors (Lipinski definition) is 1.